The van der Waals surface area contributed by atoms with Crippen LogP contribution < -0.4 is 10.6 Å². The molecule has 26 heavy (non-hydrogen) atoms. The van der Waals surface area contributed by atoms with Gasteiger partial charge in [0.15, 0.2) is 0 Å². The van der Waals surface area contributed by atoms with Crippen molar-refractivity contribution in [2.24, 2.45) is 11.3 Å². The van der Waals surface area contributed by atoms with Crippen LogP contribution in [-0.2, 0) is 9.59 Å². The predicted molar refractivity (Wildman–Crippen MR) is 99.4 cm³/mol. The molecule has 2 aliphatic carbocycles. The standard InChI is InChI=1S/C20H33N3O3/c1-14-10-19(2,3)13-20(11-14)17(25)23(18(26)22-20)12-16(24)21-15-8-6-4-5-7-9-15/h14-15H,4-13H2,1-3H3,(H,21,24)(H,22,26). The van der Waals surface area contributed by atoms with Gasteiger partial charge in [-0.15, -0.1) is 0 Å². The van der Waals surface area contributed by atoms with E-state index in [0.29, 0.717) is 18.8 Å². The Labute approximate surface area is 156 Å². The number of hydrogen-bond acceptors (Lipinski definition) is 3. The second-order valence-electron chi connectivity index (χ2n) is 9.51. The Morgan fingerprint density at radius 1 is 1.15 bits per heavy atom. The molecule has 1 heterocycles. The van der Waals surface area contributed by atoms with Crippen LogP contribution in [0.15, 0.2) is 0 Å². The minimum Gasteiger partial charge on any atom is -0.352 e. The Hall–Kier alpha value is -1.59. The average molecular weight is 364 g/mol. The van der Waals surface area contributed by atoms with E-state index in [1.165, 1.54) is 12.8 Å². The van der Waals surface area contributed by atoms with Crippen LogP contribution in [0, 0.1) is 11.3 Å². The third kappa shape index (κ3) is 4.04. The van der Waals surface area contributed by atoms with Crippen molar-refractivity contribution in [3.05, 3.63) is 0 Å². The van der Waals surface area contributed by atoms with Crippen molar-refractivity contribution in [1.82, 2.24) is 15.5 Å². The maximum absolute atomic E-state index is 13.1. The molecule has 3 aliphatic rings. The van der Waals surface area contributed by atoms with Gasteiger partial charge in [0.1, 0.15) is 12.1 Å². The molecule has 3 fully saturated rings. The number of nitrogens with one attached hydrogen (secondary N) is 2. The lowest BCUT2D eigenvalue weighted by atomic mass is 9.64. The summed E-state index contributed by atoms with van der Waals surface area (Å²) in [5, 5.41) is 5.96. The van der Waals surface area contributed by atoms with E-state index in [4.69, 9.17) is 0 Å². The van der Waals surface area contributed by atoms with Crippen molar-refractivity contribution in [3.63, 3.8) is 0 Å². The van der Waals surface area contributed by atoms with Gasteiger partial charge >= 0.3 is 6.03 Å². The topological polar surface area (TPSA) is 78.5 Å². The second-order valence-corrected chi connectivity index (χ2v) is 9.51. The quantitative estimate of drug-likeness (QED) is 0.598. The summed E-state index contributed by atoms with van der Waals surface area (Å²) in [7, 11) is 0. The third-order valence-electron chi connectivity index (χ3n) is 6.15. The Kier molecular flexibility index (Phi) is 5.31. The van der Waals surface area contributed by atoms with Gasteiger partial charge in [-0.2, -0.15) is 0 Å². The molecule has 1 spiro atoms. The van der Waals surface area contributed by atoms with Gasteiger partial charge < -0.3 is 10.6 Å². The molecule has 0 aromatic carbocycles. The van der Waals surface area contributed by atoms with E-state index in [2.05, 4.69) is 31.4 Å². The number of carbonyl (C=O) groups is 3. The number of nitrogens with zero attached hydrogens (tertiary/aromatic N) is 1. The lowest BCUT2D eigenvalue weighted by Gasteiger charge is -2.43. The molecular weight excluding hydrogens is 330 g/mol. The van der Waals surface area contributed by atoms with E-state index in [1.54, 1.807) is 0 Å². The lowest BCUT2D eigenvalue weighted by Crippen LogP contribution is -2.54. The van der Waals surface area contributed by atoms with Crippen LogP contribution in [0.2, 0.25) is 0 Å². The van der Waals surface area contributed by atoms with Crippen molar-refractivity contribution in [1.29, 1.82) is 0 Å². The van der Waals surface area contributed by atoms with Crippen molar-refractivity contribution in [3.8, 4) is 0 Å². The minimum absolute atomic E-state index is 0.000771. The highest BCUT2D eigenvalue weighted by Gasteiger charge is 2.56. The van der Waals surface area contributed by atoms with E-state index in [1.807, 2.05) is 0 Å². The molecule has 4 amide bonds. The molecular formula is C20H33N3O3. The summed E-state index contributed by atoms with van der Waals surface area (Å²) < 4.78 is 0. The molecule has 6 heteroatoms. The summed E-state index contributed by atoms with van der Waals surface area (Å²) >= 11 is 0. The average Bonchev–Trinajstić information content (AvgIpc) is 2.72. The molecule has 0 radical (unpaired) electrons. The Balaban J connectivity index is 1.64. The number of carbonyl (C=O) groups excluding carboxylic acids is 3. The van der Waals surface area contributed by atoms with Crippen LogP contribution in [-0.4, -0.2) is 40.9 Å². The zero-order valence-electron chi connectivity index (χ0n) is 16.4. The monoisotopic (exact) mass is 363 g/mol. The van der Waals surface area contributed by atoms with E-state index >= 15 is 0 Å². The second kappa shape index (κ2) is 7.20. The SMILES string of the molecule is CC1CC(C)(C)CC2(C1)NC(=O)N(CC(=O)NC1CCCCCC1)C2=O. The Morgan fingerprint density at radius 3 is 2.42 bits per heavy atom. The summed E-state index contributed by atoms with van der Waals surface area (Å²) in [6, 6.07) is -0.246. The van der Waals surface area contributed by atoms with Crippen molar-refractivity contribution >= 4 is 17.8 Å². The number of imide groups is 1. The zero-order valence-corrected chi connectivity index (χ0v) is 16.4. The highest BCUT2D eigenvalue weighted by atomic mass is 16.2. The van der Waals surface area contributed by atoms with Crippen LogP contribution in [0.3, 0.4) is 0 Å². The van der Waals surface area contributed by atoms with Gasteiger partial charge in [-0.05, 0) is 43.4 Å². The van der Waals surface area contributed by atoms with Crippen LogP contribution in [0.25, 0.3) is 0 Å². The molecule has 1 saturated heterocycles. The van der Waals surface area contributed by atoms with Gasteiger partial charge in [0.25, 0.3) is 5.91 Å². The zero-order chi connectivity index (χ0) is 18.9. The van der Waals surface area contributed by atoms with Gasteiger partial charge in [-0.3, -0.25) is 14.5 Å². The van der Waals surface area contributed by atoms with Crippen molar-refractivity contribution in [2.75, 3.05) is 6.54 Å². The van der Waals surface area contributed by atoms with Gasteiger partial charge in [-0.1, -0.05) is 46.5 Å². The fourth-order valence-corrected chi connectivity index (χ4v) is 5.49. The molecule has 1 aliphatic heterocycles. The van der Waals surface area contributed by atoms with Crippen LogP contribution in [0.1, 0.15) is 78.6 Å². The molecule has 0 aromatic rings. The number of urea groups is 1. The summed E-state index contributed by atoms with van der Waals surface area (Å²) in [6.45, 7) is 6.25. The summed E-state index contributed by atoms with van der Waals surface area (Å²) in [6.07, 6.45) is 9.00. The predicted octanol–water partition coefficient (Wildman–Crippen LogP) is 2.96. The largest absolute Gasteiger partial charge is 0.352 e. The summed E-state index contributed by atoms with van der Waals surface area (Å²) in [4.78, 5) is 39.1. The maximum atomic E-state index is 13.1. The molecule has 2 saturated carbocycles. The van der Waals surface area contributed by atoms with E-state index in [0.717, 1.165) is 37.0 Å². The summed E-state index contributed by atoms with van der Waals surface area (Å²) in [5.41, 5.74) is -0.833. The molecule has 2 atom stereocenters. The van der Waals surface area contributed by atoms with E-state index in [-0.39, 0.29) is 29.8 Å². The maximum Gasteiger partial charge on any atom is 0.325 e. The van der Waals surface area contributed by atoms with Gasteiger partial charge in [0.2, 0.25) is 5.91 Å². The van der Waals surface area contributed by atoms with Crippen LogP contribution in [0.4, 0.5) is 4.79 Å². The normalized spacial score (nSPS) is 32.4. The fraction of sp³-hybridized carbons (Fsp3) is 0.850. The highest BCUT2D eigenvalue weighted by Crippen LogP contribution is 2.46. The fourth-order valence-electron chi connectivity index (χ4n) is 5.49. The first-order chi connectivity index (χ1) is 12.2. The first-order valence-electron chi connectivity index (χ1n) is 10.1. The lowest BCUT2D eigenvalue weighted by molar-refractivity contribution is -0.137. The molecule has 2 N–H and O–H groups in total. The molecule has 146 valence electrons. The molecule has 3 rings (SSSR count). The van der Waals surface area contributed by atoms with E-state index in [9.17, 15) is 14.4 Å². The Bertz CT molecular complexity index is 581. The van der Waals surface area contributed by atoms with Crippen molar-refractivity contribution < 1.29 is 14.4 Å². The van der Waals surface area contributed by atoms with Gasteiger partial charge in [-0.25, -0.2) is 4.79 Å². The summed E-state index contributed by atoms with van der Waals surface area (Å²) in [5.74, 6) is -0.0820. The first-order valence-corrected chi connectivity index (χ1v) is 10.1. The molecule has 2 unspecified atom stereocenters. The highest BCUT2D eigenvalue weighted by molar-refractivity contribution is 6.09. The first kappa shape index (κ1) is 19.2. The van der Waals surface area contributed by atoms with Gasteiger partial charge in [0, 0.05) is 6.04 Å². The molecule has 6 nitrogen and oxygen atoms in total. The minimum atomic E-state index is -0.832. The van der Waals surface area contributed by atoms with Crippen LogP contribution in [0.5, 0.6) is 0 Å². The van der Waals surface area contributed by atoms with E-state index < -0.39 is 11.6 Å². The smallest absolute Gasteiger partial charge is 0.325 e. The number of amides is 4. The molecule has 0 aromatic heterocycles. The van der Waals surface area contributed by atoms with Crippen LogP contribution >= 0.6 is 0 Å². The molecule has 0 bridgehead atoms. The third-order valence-corrected chi connectivity index (χ3v) is 6.15. The number of rotatable bonds is 3. The van der Waals surface area contributed by atoms with Gasteiger partial charge in [0.05, 0.1) is 0 Å². The number of hydrogen-bond donors (Lipinski definition) is 2. The van der Waals surface area contributed by atoms with Crippen molar-refractivity contribution in [2.45, 2.75) is 90.1 Å². The Morgan fingerprint density at radius 2 is 1.81 bits per heavy atom.